The monoisotopic (exact) mass is 587 g/mol. The number of benzene rings is 5. The van der Waals surface area contributed by atoms with Gasteiger partial charge in [-0.15, -0.1) is 0 Å². The number of rotatable bonds is 4. The Labute approximate surface area is 264 Å². The van der Waals surface area contributed by atoms with Crippen LogP contribution in [-0.4, -0.2) is 24.9 Å². The molecule has 0 N–H and O–H groups in total. The summed E-state index contributed by atoms with van der Waals surface area (Å²) in [5.41, 5.74) is 9.31. The normalized spacial score (nSPS) is 11.5. The van der Waals surface area contributed by atoms with Crippen molar-refractivity contribution in [1.29, 1.82) is 0 Å². The van der Waals surface area contributed by atoms with Gasteiger partial charge in [0.2, 0.25) is 0 Å². The average Bonchev–Trinajstić information content (AvgIpc) is 3.15. The first-order chi connectivity index (χ1) is 22.8. The molecular weight excluding hydrogens is 562 g/mol. The van der Waals surface area contributed by atoms with Gasteiger partial charge >= 0.3 is 0 Å². The average molecular weight is 588 g/mol. The molecule has 0 unspecified atom stereocenters. The molecule has 5 heteroatoms. The number of aromatic nitrogens is 5. The molecule has 9 aromatic rings. The maximum atomic E-state index is 5.37. The zero-order valence-electron chi connectivity index (χ0n) is 24.7. The van der Waals surface area contributed by atoms with Crippen molar-refractivity contribution in [3.05, 3.63) is 152 Å². The zero-order valence-corrected chi connectivity index (χ0v) is 24.7. The number of hydrogen-bond acceptors (Lipinski definition) is 5. The molecule has 0 amide bonds. The zero-order chi connectivity index (χ0) is 30.5. The van der Waals surface area contributed by atoms with Crippen molar-refractivity contribution in [1.82, 2.24) is 24.9 Å². The second-order valence-corrected chi connectivity index (χ2v) is 11.3. The Balaban J connectivity index is 1.36. The molecule has 0 radical (unpaired) electrons. The van der Waals surface area contributed by atoms with Crippen molar-refractivity contribution in [2.24, 2.45) is 0 Å². The molecule has 214 valence electrons. The van der Waals surface area contributed by atoms with Crippen LogP contribution in [0.1, 0.15) is 0 Å². The summed E-state index contributed by atoms with van der Waals surface area (Å²) in [5.74, 6) is 0.652. The maximum absolute atomic E-state index is 5.37. The van der Waals surface area contributed by atoms with Crippen LogP contribution < -0.4 is 0 Å². The van der Waals surface area contributed by atoms with Crippen LogP contribution >= 0.6 is 0 Å². The Morgan fingerprint density at radius 3 is 1.50 bits per heavy atom. The number of nitrogens with zero attached hydrogens (tertiary/aromatic N) is 5. The first kappa shape index (κ1) is 26.1. The van der Waals surface area contributed by atoms with Gasteiger partial charge in [-0.1, -0.05) is 115 Å². The van der Waals surface area contributed by atoms with Crippen LogP contribution in [0.2, 0.25) is 0 Å². The van der Waals surface area contributed by atoms with Gasteiger partial charge in [-0.05, 0) is 24.3 Å². The van der Waals surface area contributed by atoms with Crippen molar-refractivity contribution < 1.29 is 0 Å². The SMILES string of the molecule is c1ccc(-c2cc(-c3ccccc3)nc(-c3ccc4c(c3)nc(-c3ccccc3)c3c5cccnc5c5ncccc5c43)n2)cc1. The highest BCUT2D eigenvalue weighted by Gasteiger charge is 2.19. The summed E-state index contributed by atoms with van der Waals surface area (Å²) < 4.78 is 0. The van der Waals surface area contributed by atoms with Crippen molar-refractivity contribution in [3.63, 3.8) is 0 Å². The van der Waals surface area contributed by atoms with E-state index >= 15 is 0 Å². The van der Waals surface area contributed by atoms with E-state index in [1.165, 1.54) is 0 Å². The van der Waals surface area contributed by atoms with E-state index in [1.807, 2.05) is 67.0 Å². The molecular formula is C41H25N5. The van der Waals surface area contributed by atoms with E-state index in [1.54, 1.807) is 0 Å². The smallest absolute Gasteiger partial charge is 0.160 e. The molecule has 0 spiro atoms. The minimum atomic E-state index is 0.652. The third-order valence-corrected chi connectivity index (χ3v) is 8.54. The van der Waals surface area contributed by atoms with Gasteiger partial charge in [-0.3, -0.25) is 9.97 Å². The Hall–Kier alpha value is -6.33. The van der Waals surface area contributed by atoms with Gasteiger partial charge in [0.25, 0.3) is 0 Å². The fourth-order valence-corrected chi connectivity index (χ4v) is 6.43. The summed E-state index contributed by atoms with van der Waals surface area (Å²) in [4.78, 5) is 25.1. The van der Waals surface area contributed by atoms with Gasteiger partial charge in [0, 0.05) is 61.6 Å². The molecule has 0 fully saturated rings. The number of pyridine rings is 3. The first-order valence-corrected chi connectivity index (χ1v) is 15.3. The van der Waals surface area contributed by atoms with E-state index in [0.29, 0.717) is 5.82 Å². The van der Waals surface area contributed by atoms with Gasteiger partial charge in [0.05, 0.1) is 33.6 Å². The highest BCUT2D eigenvalue weighted by molar-refractivity contribution is 6.32. The highest BCUT2D eigenvalue weighted by atomic mass is 14.9. The molecule has 0 saturated carbocycles. The summed E-state index contributed by atoms with van der Waals surface area (Å²) in [7, 11) is 0. The predicted octanol–water partition coefficient (Wildman–Crippen LogP) is 9.94. The molecule has 0 saturated heterocycles. The molecule has 0 aliphatic carbocycles. The Bertz CT molecular complexity index is 2510. The molecule has 0 aliphatic heterocycles. The lowest BCUT2D eigenvalue weighted by atomic mass is 9.93. The molecule has 0 atom stereocenters. The lowest BCUT2D eigenvalue weighted by Gasteiger charge is -2.16. The minimum absolute atomic E-state index is 0.652. The summed E-state index contributed by atoms with van der Waals surface area (Å²) in [6.45, 7) is 0. The second kappa shape index (κ2) is 10.7. The topological polar surface area (TPSA) is 64.5 Å². The lowest BCUT2D eigenvalue weighted by molar-refractivity contribution is 1.18. The summed E-state index contributed by atoms with van der Waals surface area (Å²) in [5, 5.41) is 5.32. The van der Waals surface area contributed by atoms with E-state index in [0.717, 1.165) is 82.8 Å². The van der Waals surface area contributed by atoms with E-state index in [9.17, 15) is 0 Å². The largest absolute Gasteiger partial charge is 0.254 e. The van der Waals surface area contributed by atoms with Crippen LogP contribution in [0.3, 0.4) is 0 Å². The van der Waals surface area contributed by atoms with Crippen LogP contribution in [0.4, 0.5) is 0 Å². The molecule has 4 aromatic heterocycles. The van der Waals surface area contributed by atoms with Crippen molar-refractivity contribution in [2.75, 3.05) is 0 Å². The van der Waals surface area contributed by atoms with Gasteiger partial charge in [-0.25, -0.2) is 15.0 Å². The van der Waals surface area contributed by atoms with E-state index in [-0.39, 0.29) is 0 Å². The van der Waals surface area contributed by atoms with Crippen LogP contribution in [0.25, 0.3) is 88.6 Å². The standard InChI is InChI=1S/C41H25N5/c1-4-12-26(13-5-1)33-25-34(27-14-6-2-7-15-27)46-41(45-33)29-20-21-30-35(24-29)44-38(28-16-8-3-9-17-28)37-32-19-11-23-43-40(32)39-31(36(30)37)18-10-22-42-39/h1-25H. The summed E-state index contributed by atoms with van der Waals surface area (Å²) in [6.07, 6.45) is 3.67. The fraction of sp³-hybridized carbons (Fsp3) is 0. The van der Waals surface area contributed by atoms with Crippen molar-refractivity contribution >= 4 is 43.5 Å². The predicted molar refractivity (Wildman–Crippen MR) is 187 cm³/mol. The Morgan fingerprint density at radius 1 is 0.370 bits per heavy atom. The van der Waals surface area contributed by atoms with Gasteiger partial charge in [-0.2, -0.15) is 0 Å². The van der Waals surface area contributed by atoms with Crippen LogP contribution in [0, 0.1) is 0 Å². The molecule has 4 heterocycles. The third kappa shape index (κ3) is 4.29. The summed E-state index contributed by atoms with van der Waals surface area (Å²) in [6, 6.07) is 47.6. The van der Waals surface area contributed by atoms with E-state index < -0.39 is 0 Å². The van der Waals surface area contributed by atoms with Crippen molar-refractivity contribution in [3.8, 4) is 45.2 Å². The lowest BCUT2D eigenvalue weighted by Crippen LogP contribution is -1.97. The first-order valence-electron chi connectivity index (χ1n) is 15.3. The molecule has 9 rings (SSSR count). The fourth-order valence-electron chi connectivity index (χ4n) is 6.43. The van der Waals surface area contributed by atoms with Crippen LogP contribution in [0.15, 0.2) is 152 Å². The molecule has 5 aromatic carbocycles. The van der Waals surface area contributed by atoms with Gasteiger partial charge in [0.1, 0.15) is 0 Å². The second-order valence-electron chi connectivity index (χ2n) is 11.3. The number of fused-ring (bicyclic) bond motifs is 8. The molecule has 46 heavy (non-hydrogen) atoms. The van der Waals surface area contributed by atoms with E-state index in [2.05, 4.69) is 84.9 Å². The quantitative estimate of drug-likeness (QED) is 0.192. The Morgan fingerprint density at radius 2 is 0.913 bits per heavy atom. The third-order valence-electron chi connectivity index (χ3n) is 8.54. The van der Waals surface area contributed by atoms with Crippen LogP contribution in [0.5, 0.6) is 0 Å². The van der Waals surface area contributed by atoms with Crippen molar-refractivity contribution in [2.45, 2.75) is 0 Å². The summed E-state index contributed by atoms with van der Waals surface area (Å²) >= 11 is 0. The number of hydrogen-bond donors (Lipinski definition) is 0. The van der Waals surface area contributed by atoms with Crippen LogP contribution in [-0.2, 0) is 0 Å². The Kier molecular flexibility index (Phi) is 6.06. The molecule has 0 bridgehead atoms. The highest BCUT2D eigenvalue weighted by Crippen LogP contribution is 2.42. The molecule has 0 aliphatic rings. The van der Waals surface area contributed by atoms with Gasteiger partial charge < -0.3 is 0 Å². The maximum Gasteiger partial charge on any atom is 0.160 e. The molecule has 5 nitrogen and oxygen atoms in total. The minimum Gasteiger partial charge on any atom is -0.254 e. The van der Waals surface area contributed by atoms with Gasteiger partial charge in [0.15, 0.2) is 5.82 Å². The van der Waals surface area contributed by atoms with E-state index in [4.69, 9.17) is 24.9 Å².